The molecule has 0 aromatic heterocycles. The SMILES string of the molecule is O=C(O)[C@H]1CCCN1C(=O)N(CC(F)(F)F)C1CC1. The highest BCUT2D eigenvalue weighted by Crippen LogP contribution is 2.32. The molecule has 5 nitrogen and oxygen atoms in total. The number of hydrogen-bond donors (Lipinski definition) is 1. The molecule has 2 amide bonds. The van der Waals surface area contributed by atoms with E-state index in [0.29, 0.717) is 25.7 Å². The van der Waals surface area contributed by atoms with Crippen molar-refractivity contribution >= 4 is 12.0 Å². The number of hydrogen-bond acceptors (Lipinski definition) is 2. The molecule has 19 heavy (non-hydrogen) atoms. The Hall–Kier alpha value is -1.47. The summed E-state index contributed by atoms with van der Waals surface area (Å²) in [5.74, 6) is -1.16. The summed E-state index contributed by atoms with van der Waals surface area (Å²) in [4.78, 5) is 24.9. The smallest absolute Gasteiger partial charge is 0.406 e. The van der Waals surface area contributed by atoms with Crippen LogP contribution in [-0.4, -0.2) is 58.3 Å². The van der Waals surface area contributed by atoms with Crippen LogP contribution < -0.4 is 0 Å². The number of carboxylic acids is 1. The summed E-state index contributed by atoms with van der Waals surface area (Å²) in [6, 6.07) is -2.20. The first-order valence-electron chi connectivity index (χ1n) is 6.16. The van der Waals surface area contributed by atoms with Crippen molar-refractivity contribution in [1.82, 2.24) is 9.80 Å². The van der Waals surface area contributed by atoms with E-state index in [2.05, 4.69) is 0 Å². The lowest BCUT2D eigenvalue weighted by Crippen LogP contribution is -2.51. The molecular weight excluding hydrogens is 265 g/mol. The first-order chi connectivity index (χ1) is 8.79. The number of carboxylic acid groups (broad SMARTS) is 1. The molecule has 1 aliphatic carbocycles. The molecule has 0 unspecified atom stereocenters. The van der Waals surface area contributed by atoms with Crippen LogP contribution in [0, 0.1) is 0 Å². The van der Waals surface area contributed by atoms with Gasteiger partial charge in [-0.3, -0.25) is 0 Å². The van der Waals surface area contributed by atoms with Crippen LogP contribution in [0.15, 0.2) is 0 Å². The highest BCUT2D eigenvalue weighted by atomic mass is 19.4. The molecule has 1 saturated heterocycles. The fourth-order valence-electron chi connectivity index (χ4n) is 2.35. The van der Waals surface area contributed by atoms with Gasteiger partial charge in [0.25, 0.3) is 0 Å². The molecule has 2 fully saturated rings. The Morgan fingerprint density at radius 2 is 1.89 bits per heavy atom. The Morgan fingerprint density at radius 1 is 1.26 bits per heavy atom. The number of urea groups is 1. The Morgan fingerprint density at radius 3 is 2.37 bits per heavy atom. The average molecular weight is 280 g/mol. The number of carbonyl (C=O) groups is 2. The maximum atomic E-state index is 12.5. The minimum atomic E-state index is -4.46. The zero-order valence-electron chi connectivity index (χ0n) is 10.2. The lowest BCUT2D eigenvalue weighted by atomic mass is 10.2. The van der Waals surface area contributed by atoms with Crippen molar-refractivity contribution < 1.29 is 27.9 Å². The predicted octanol–water partition coefficient (Wildman–Crippen LogP) is 1.68. The molecule has 2 rings (SSSR count). The third kappa shape index (κ3) is 3.30. The van der Waals surface area contributed by atoms with Gasteiger partial charge in [0.05, 0.1) is 0 Å². The van der Waals surface area contributed by atoms with E-state index in [4.69, 9.17) is 5.11 Å². The summed E-state index contributed by atoms with van der Waals surface area (Å²) < 4.78 is 37.4. The molecule has 1 aliphatic heterocycles. The zero-order chi connectivity index (χ0) is 14.2. The molecule has 0 aromatic carbocycles. The molecular formula is C11H15F3N2O3. The first kappa shape index (κ1) is 14.0. The minimum absolute atomic E-state index is 0.205. The fraction of sp³-hybridized carbons (Fsp3) is 0.818. The van der Waals surface area contributed by atoms with Crippen molar-refractivity contribution in [2.45, 2.75) is 43.9 Å². The van der Waals surface area contributed by atoms with E-state index in [1.54, 1.807) is 0 Å². The third-order valence-electron chi connectivity index (χ3n) is 3.37. The summed E-state index contributed by atoms with van der Waals surface area (Å²) in [6.45, 7) is -1.10. The molecule has 0 aromatic rings. The Kier molecular flexibility index (Phi) is 3.60. The van der Waals surface area contributed by atoms with E-state index < -0.39 is 36.8 Å². The van der Waals surface area contributed by atoms with Gasteiger partial charge >= 0.3 is 18.2 Å². The largest absolute Gasteiger partial charge is 0.480 e. The van der Waals surface area contributed by atoms with Crippen LogP contribution in [-0.2, 0) is 4.79 Å². The fourth-order valence-corrected chi connectivity index (χ4v) is 2.35. The summed E-state index contributed by atoms with van der Waals surface area (Å²) in [5.41, 5.74) is 0. The first-order valence-corrected chi connectivity index (χ1v) is 6.16. The van der Waals surface area contributed by atoms with Crippen molar-refractivity contribution in [3.05, 3.63) is 0 Å². The molecule has 1 saturated carbocycles. The normalized spacial score (nSPS) is 23.5. The quantitative estimate of drug-likeness (QED) is 0.855. The summed E-state index contributed by atoms with van der Waals surface area (Å²) in [7, 11) is 0. The molecule has 8 heteroatoms. The van der Waals surface area contributed by atoms with Crippen molar-refractivity contribution in [2.75, 3.05) is 13.1 Å². The van der Waals surface area contributed by atoms with E-state index in [9.17, 15) is 22.8 Å². The molecule has 1 N–H and O–H groups in total. The van der Waals surface area contributed by atoms with E-state index in [1.165, 1.54) is 0 Å². The second-order valence-electron chi connectivity index (χ2n) is 4.95. The highest BCUT2D eigenvalue weighted by molar-refractivity contribution is 5.83. The monoisotopic (exact) mass is 280 g/mol. The van der Waals surface area contributed by atoms with Gasteiger partial charge in [0.2, 0.25) is 0 Å². The van der Waals surface area contributed by atoms with Crippen LogP contribution in [0.2, 0.25) is 0 Å². The van der Waals surface area contributed by atoms with E-state index >= 15 is 0 Å². The number of nitrogens with zero attached hydrogens (tertiary/aromatic N) is 2. The van der Waals surface area contributed by atoms with Crippen LogP contribution in [0.5, 0.6) is 0 Å². The van der Waals surface area contributed by atoms with Gasteiger partial charge in [0, 0.05) is 12.6 Å². The standard InChI is InChI=1S/C11H15F3N2O3/c12-11(13,14)6-16(7-3-4-7)10(19)15-5-1-2-8(15)9(17)18/h7-8H,1-6H2,(H,17,18)/t8-/m1/s1. The van der Waals surface area contributed by atoms with E-state index in [-0.39, 0.29) is 6.54 Å². The van der Waals surface area contributed by atoms with Gasteiger partial charge in [-0.05, 0) is 25.7 Å². The Labute approximate surface area is 108 Å². The maximum Gasteiger partial charge on any atom is 0.406 e. The number of rotatable bonds is 3. The molecule has 0 spiro atoms. The average Bonchev–Trinajstić information content (AvgIpc) is 3.00. The number of amides is 2. The van der Waals surface area contributed by atoms with Crippen molar-refractivity contribution in [2.24, 2.45) is 0 Å². The minimum Gasteiger partial charge on any atom is -0.480 e. The van der Waals surface area contributed by atoms with Gasteiger partial charge in [-0.25, -0.2) is 9.59 Å². The van der Waals surface area contributed by atoms with Crippen LogP contribution in [0.4, 0.5) is 18.0 Å². The lowest BCUT2D eigenvalue weighted by molar-refractivity contribution is -0.144. The number of carbonyl (C=O) groups excluding carboxylic acids is 1. The lowest BCUT2D eigenvalue weighted by Gasteiger charge is -2.30. The topological polar surface area (TPSA) is 60.9 Å². The Bertz CT molecular complexity index is 382. The van der Waals surface area contributed by atoms with Crippen LogP contribution in [0.1, 0.15) is 25.7 Å². The zero-order valence-corrected chi connectivity index (χ0v) is 10.2. The van der Waals surface area contributed by atoms with Crippen molar-refractivity contribution in [3.63, 3.8) is 0 Å². The summed E-state index contributed by atoms with van der Waals surface area (Å²) >= 11 is 0. The van der Waals surface area contributed by atoms with Gasteiger partial charge in [0.15, 0.2) is 0 Å². The van der Waals surface area contributed by atoms with Gasteiger partial charge in [-0.15, -0.1) is 0 Å². The molecule has 0 radical (unpaired) electrons. The molecule has 2 aliphatic rings. The number of alkyl halides is 3. The molecule has 1 heterocycles. The third-order valence-corrected chi connectivity index (χ3v) is 3.37. The second kappa shape index (κ2) is 4.90. The van der Waals surface area contributed by atoms with Crippen LogP contribution >= 0.6 is 0 Å². The van der Waals surface area contributed by atoms with Gasteiger partial charge in [-0.1, -0.05) is 0 Å². The molecule has 108 valence electrons. The highest BCUT2D eigenvalue weighted by Gasteiger charge is 2.45. The maximum absolute atomic E-state index is 12.5. The Balaban J connectivity index is 2.08. The summed E-state index contributed by atoms with van der Waals surface area (Å²) in [6.07, 6.45) is -2.56. The van der Waals surface area contributed by atoms with Gasteiger partial charge in [0.1, 0.15) is 12.6 Å². The van der Waals surface area contributed by atoms with Gasteiger partial charge < -0.3 is 14.9 Å². The molecule has 0 bridgehead atoms. The van der Waals surface area contributed by atoms with Crippen LogP contribution in [0.25, 0.3) is 0 Å². The van der Waals surface area contributed by atoms with E-state index in [1.807, 2.05) is 0 Å². The number of halogens is 3. The number of aliphatic carboxylic acids is 1. The van der Waals surface area contributed by atoms with E-state index in [0.717, 1.165) is 9.80 Å². The van der Waals surface area contributed by atoms with Crippen LogP contribution in [0.3, 0.4) is 0 Å². The molecule has 1 atom stereocenters. The van der Waals surface area contributed by atoms with Gasteiger partial charge in [-0.2, -0.15) is 13.2 Å². The second-order valence-corrected chi connectivity index (χ2v) is 4.95. The van der Waals surface area contributed by atoms with Crippen molar-refractivity contribution in [1.29, 1.82) is 0 Å². The number of likely N-dealkylation sites (tertiary alicyclic amines) is 1. The van der Waals surface area contributed by atoms with Crippen molar-refractivity contribution in [3.8, 4) is 0 Å². The predicted molar refractivity (Wildman–Crippen MR) is 58.5 cm³/mol. The summed E-state index contributed by atoms with van der Waals surface area (Å²) in [5, 5.41) is 8.97.